The van der Waals surface area contributed by atoms with Gasteiger partial charge in [-0.1, -0.05) is 0 Å². The molecule has 1 saturated heterocycles. The van der Waals surface area contributed by atoms with Gasteiger partial charge in [0.2, 0.25) is 5.60 Å². The topological polar surface area (TPSA) is 193 Å². The number of nitrogens with two attached hydrogens (primary N) is 1. The molecule has 5 N–H and O–H groups in total. The van der Waals surface area contributed by atoms with Crippen molar-refractivity contribution in [2.45, 2.75) is 23.9 Å². The second-order valence-electron chi connectivity index (χ2n) is 6.17. The SMILES string of the molecule is N#C[C@@]1(c2ccc3c(N)ncnn23)O[C@H](COC(=O)CSCC(=O)O)[C@@H](O)[C@H]1O. The molecule has 0 saturated carbocycles. The van der Waals surface area contributed by atoms with Crippen LogP contribution in [0.4, 0.5) is 5.82 Å². The van der Waals surface area contributed by atoms with Crippen LogP contribution in [0.2, 0.25) is 0 Å². The van der Waals surface area contributed by atoms with Gasteiger partial charge in [-0.15, -0.1) is 11.8 Å². The standard InChI is InChI=1S/C16H17N5O7S/c17-6-16(10-2-1-8-15(18)19-7-20-21(8)10)14(26)13(25)9(28-16)3-27-12(24)5-29-4-11(22)23/h1-2,7,9,13-14,25-26H,3-5H2,(H,22,23)(H2,18,19,20)/t9-,13-,14-,16+/m1/s1. The Morgan fingerprint density at radius 3 is 2.86 bits per heavy atom. The van der Waals surface area contributed by atoms with E-state index in [-0.39, 0.29) is 23.0 Å². The molecular formula is C16H17N5O7S. The van der Waals surface area contributed by atoms with Gasteiger partial charge in [0.25, 0.3) is 0 Å². The molecule has 4 atom stereocenters. The lowest BCUT2D eigenvalue weighted by Crippen LogP contribution is -2.41. The van der Waals surface area contributed by atoms with Gasteiger partial charge < -0.3 is 30.5 Å². The summed E-state index contributed by atoms with van der Waals surface area (Å²) in [7, 11) is 0. The third-order valence-corrected chi connectivity index (χ3v) is 5.23. The minimum atomic E-state index is -1.98. The number of fused-ring (bicyclic) bond motifs is 1. The number of hydrogen-bond donors (Lipinski definition) is 4. The van der Waals surface area contributed by atoms with Crippen LogP contribution in [-0.4, -0.2) is 78.3 Å². The molecule has 0 spiro atoms. The lowest BCUT2D eigenvalue weighted by Gasteiger charge is -2.24. The zero-order chi connectivity index (χ0) is 21.2. The first kappa shape index (κ1) is 20.8. The Hall–Kier alpha value is -2.92. The molecule has 2 aromatic rings. The molecule has 0 aromatic carbocycles. The van der Waals surface area contributed by atoms with Crippen molar-refractivity contribution in [1.82, 2.24) is 14.6 Å². The number of aliphatic carboxylic acids is 1. The second-order valence-corrected chi connectivity index (χ2v) is 7.16. The van der Waals surface area contributed by atoms with E-state index in [1.54, 1.807) is 6.07 Å². The smallest absolute Gasteiger partial charge is 0.316 e. The van der Waals surface area contributed by atoms with Crippen LogP contribution >= 0.6 is 11.8 Å². The maximum absolute atomic E-state index is 11.7. The van der Waals surface area contributed by atoms with E-state index in [4.69, 9.17) is 20.3 Å². The van der Waals surface area contributed by atoms with Crippen molar-refractivity contribution in [3.8, 4) is 6.07 Å². The first-order valence-corrected chi connectivity index (χ1v) is 9.44. The molecule has 1 aliphatic rings. The fourth-order valence-electron chi connectivity index (χ4n) is 2.99. The van der Waals surface area contributed by atoms with Gasteiger partial charge in [-0.2, -0.15) is 10.4 Å². The van der Waals surface area contributed by atoms with Crippen molar-refractivity contribution >= 4 is 35.0 Å². The molecule has 2 aromatic heterocycles. The van der Waals surface area contributed by atoms with Crippen LogP contribution in [0, 0.1) is 11.3 Å². The molecule has 3 heterocycles. The van der Waals surface area contributed by atoms with E-state index >= 15 is 0 Å². The zero-order valence-electron chi connectivity index (χ0n) is 14.8. The second kappa shape index (κ2) is 8.21. The first-order valence-electron chi connectivity index (χ1n) is 8.29. The molecule has 1 fully saturated rings. The third kappa shape index (κ3) is 3.83. The minimum Gasteiger partial charge on any atom is -0.481 e. The monoisotopic (exact) mass is 423 g/mol. The number of nitriles is 1. The van der Waals surface area contributed by atoms with Gasteiger partial charge >= 0.3 is 11.9 Å². The molecule has 1 aliphatic heterocycles. The summed E-state index contributed by atoms with van der Waals surface area (Å²) in [6.45, 7) is -0.436. The third-order valence-electron chi connectivity index (χ3n) is 4.34. The molecule has 13 heteroatoms. The van der Waals surface area contributed by atoms with Gasteiger partial charge in [-0.25, -0.2) is 9.50 Å². The van der Waals surface area contributed by atoms with Gasteiger partial charge in [-0.05, 0) is 12.1 Å². The van der Waals surface area contributed by atoms with Crippen LogP contribution in [-0.2, 0) is 24.7 Å². The Morgan fingerprint density at radius 2 is 2.17 bits per heavy atom. The number of aromatic nitrogens is 3. The van der Waals surface area contributed by atoms with E-state index in [1.807, 2.05) is 6.07 Å². The number of hydrogen-bond acceptors (Lipinski definition) is 11. The highest BCUT2D eigenvalue weighted by molar-refractivity contribution is 8.00. The predicted molar refractivity (Wildman–Crippen MR) is 97.5 cm³/mol. The highest BCUT2D eigenvalue weighted by Crippen LogP contribution is 2.40. The van der Waals surface area contributed by atoms with Gasteiger partial charge in [0.1, 0.15) is 42.8 Å². The molecular weight excluding hydrogens is 406 g/mol. The molecule has 154 valence electrons. The number of carboxylic acid groups (broad SMARTS) is 1. The van der Waals surface area contributed by atoms with Crippen molar-refractivity contribution < 1.29 is 34.4 Å². The quantitative estimate of drug-likeness (QED) is 0.378. The Balaban J connectivity index is 1.76. The van der Waals surface area contributed by atoms with E-state index in [9.17, 15) is 25.1 Å². The van der Waals surface area contributed by atoms with Gasteiger partial charge in [-0.3, -0.25) is 9.59 Å². The summed E-state index contributed by atoms with van der Waals surface area (Å²) in [6, 6.07) is 4.88. The Bertz CT molecular complexity index is 976. The van der Waals surface area contributed by atoms with Gasteiger partial charge in [0.15, 0.2) is 5.82 Å². The molecule has 29 heavy (non-hydrogen) atoms. The number of anilines is 1. The molecule has 0 bridgehead atoms. The summed E-state index contributed by atoms with van der Waals surface area (Å²) in [5.41, 5.74) is 4.30. The van der Waals surface area contributed by atoms with E-state index in [0.717, 1.165) is 11.8 Å². The van der Waals surface area contributed by atoms with Crippen LogP contribution in [0.1, 0.15) is 5.69 Å². The summed E-state index contributed by atoms with van der Waals surface area (Å²) in [5, 5.41) is 43.2. The molecule has 0 amide bonds. The lowest BCUT2D eigenvalue weighted by atomic mass is 9.92. The van der Waals surface area contributed by atoms with Crippen LogP contribution in [0.15, 0.2) is 18.5 Å². The van der Waals surface area contributed by atoms with Crippen molar-refractivity contribution in [1.29, 1.82) is 5.26 Å². The number of esters is 1. The van der Waals surface area contributed by atoms with Gasteiger partial charge in [0.05, 0.1) is 17.2 Å². The average Bonchev–Trinajstić information content (AvgIpc) is 3.22. The highest BCUT2D eigenvalue weighted by Gasteiger charge is 2.57. The number of carbonyl (C=O) groups excluding carboxylic acids is 1. The van der Waals surface area contributed by atoms with E-state index in [1.165, 1.54) is 16.9 Å². The summed E-state index contributed by atoms with van der Waals surface area (Å²) in [4.78, 5) is 26.0. The average molecular weight is 423 g/mol. The normalized spacial score (nSPS) is 26.3. The molecule has 12 nitrogen and oxygen atoms in total. The number of ether oxygens (including phenoxy) is 2. The number of carboxylic acids is 1. The zero-order valence-corrected chi connectivity index (χ0v) is 15.7. The number of carbonyl (C=O) groups is 2. The minimum absolute atomic E-state index is 0.126. The summed E-state index contributed by atoms with van der Waals surface area (Å²) >= 11 is 0.850. The summed E-state index contributed by atoms with van der Waals surface area (Å²) < 4.78 is 11.9. The number of thioether (sulfide) groups is 1. The lowest BCUT2D eigenvalue weighted by molar-refractivity contribution is -0.147. The summed E-state index contributed by atoms with van der Waals surface area (Å²) in [6.07, 6.45) is -3.21. The number of aliphatic hydroxyl groups is 2. The number of rotatable bonds is 7. The van der Waals surface area contributed by atoms with Crippen molar-refractivity contribution in [2.24, 2.45) is 0 Å². The summed E-state index contributed by atoms with van der Waals surface area (Å²) in [5.74, 6) is -2.11. The van der Waals surface area contributed by atoms with Crippen molar-refractivity contribution in [3.63, 3.8) is 0 Å². The fraction of sp³-hybridized carbons (Fsp3) is 0.438. The Labute approximate surface area is 167 Å². The Kier molecular flexibility index (Phi) is 5.89. The van der Waals surface area contributed by atoms with Crippen molar-refractivity contribution in [2.75, 3.05) is 23.8 Å². The van der Waals surface area contributed by atoms with Crippen molar-refractivity contribution in [3.05, 3.63) is 24.2 Å². The van der Waals surface area contributed by atoms with E-state index in [0.29, 0.717) is 5.52 Å². The molecule has 0 aliphatic carbocycles. The maximum Gasteiger partial charge on any atom is 0.316 e. The Morgan fingerprint density at radius 1 is 1.41 bits per heavy atom. The molecule has 0 radical (unpaired) electrons. The highest BCUT2D eigenvalue weighted by atomic mass is 32.2. The predicted octanol–water partition coefficient (Wildman–Crippen LogP) is -1.49. The van der Waals surface area contributed by atoms with Crippen LogP contribution in [0.5, 0.6) is 0 Å². The van der Waals surface area contributed by atoms with E-state index < -0.39 is 42.5 Å². The van der Waals surface area contributed by atoms with Crippen LogP contribution in [0.25, 0.3) is 5.52 Å². The maximum atomic E-state index is 11.7. The van der Waals surface area contributed by atoms with E-state index in [2.05, 4.69) is 10.1 Å². The molecule has 3 rings (SSSR count). The molecule has 0 unspecified atom stereocenters. The number of nitrogens with zero attached hydrogens (tertiary/aromatic N) is 4. The first-order chi connectivity index (χ1) is 13.8. The van der Waals surface area contributed by atoms with Crippen LogP contribution in [0.3, 0.4) is 0 Å². The number of aliphatic hydroxyl groups excluding tert-OH is 2. The number of nitrogen functional groups attached to an aromatic ring is 1. The fourth-order valence-corrected chi connectivity index (χ4v) is 3.52. The largest absolute Gasteiger partial charge is 0.481 e. The van der Waals surface area contributed by atoms with Crippen LogP contribution < -0.4 is 5.73 Å². The van der Waals surface area contributed by atoms with Gasteiger partial charge in [0, 0.05) is 0 Å².